The Morgan fingerprint density at radius 1 is 1.53 bits per heavy atom. The number of rotatable bonds is 3. The third-order valence-electron chi connectivity index (χ3n) is 2.88. The van der Waals surface area contributed by atoms with Crippen LogP contribution >= 0.6 is 0 Å². The number of hydrogen-bond acceptors (Lipinski definition) is 4. The van der Waals surface area contributed by atoms with E-state index in [0.29, 0.717) is 0 Å². The molecule has 0 aromatic carbocycles. The summed E-state index contributed by atoms with van der Waals surface area (Å²) in [6.45, 7) is 4.14. The van der Waals surface area contributed by atoms with E-state index in [0.717, 1.165) is 6.42 Å². The maximum atomic E-state index is 11.8. The lowest BCUT2D eigenvalue weighted by atomic mass is 9.99. The molecule has 0 bridgehead atoms. The van der Waals surface area contributed by atoms with Gasteiger partial charge >= 0.3 is 0 Å². The molecular weight excluding hydrogens is 216 g/mol. The predicted octanol–water partition coefficient (Wildman–Crippen LogP) is -0.426. The van der Waals surface area contributed by atoms with Crippen molar-refractivity contribution in [3.8, 4) is 0 Å². The molecule has 0 unspecified atom stereocenters. The Kier molecular flexibility index (Phi) is 3.72. The molecule has 1 amide bonds. The summed E-state index contributed by atoms with van der Waals surface area (Å²) in [5, 5.41) is 0. The van der Waals surface area contributed by atoms with Crippen LogP contribution in [0.5, 0.6) is 0 Å². The van der Waals surface area contributed by atoms with Crippen LogP contribution in [-0.4, -0.2) is 43.4 Å². The SMILES string of the molecule is CC[C@H](C)[C@H](N)C(=O)N1CCS(=O)(=O)C1. The van der Waals surface area contributed by atoms with Gasteiger partial charge in [-0.05, 0) is 5.92 Å². The van der Waals surface area contributed by atoms with E-state index in [4.69, 9.17) is 5.73 Å². The number of nitrogens with zero attached hydrogens (tertiary/aromatic N) is 1. The van der Waals surface area contributed by atoms with Gasteiger partial charge < -0.3 is 10.6 Å². The lowest BCUT2D eigenvalue weighted by Crippen LogP contribution is -2.46. The third-order valence-corrected chi connectivity index (χ3v) is 4.39. The van der Waals surface area contributed by atoms with Gasteiger partial charge in [0.15, 0.2) is 9.84 Å². The molecule has 0 spiro atoms. The largest absolute Gasteiger partial charge is 0.326 e. The Morgan fingerprint density at radius 3 is 2.53 bits per heavy atom. The Morgan fingerprint density at radius 2 is 2.13 bits per heavy atom. The number of hydrogen-bond donors (Lipinski definition) is 1. The minimum absolute atomic E-state index is 0.0615. The molecule has 15 heavy (non-hydrogen) atoms. The molecule has 1 fully saturated rings. The van der Waals surface area contributed by atoms with Gasteiger partial charge in [0.25, 0.3) is 0 Å². The Labute approximate surface area is 90.5 Å². The van der Waals surface area contributed by atoms with E-state index in [2.05, 4.69) is 0 Å². The van der Waals surface area contributed by atoms with Gasteiger partial charge in [-0.1, -0.05) is 20.3 Å². The van der Waals surface area contributed by atoms with Crippen LogP contribution in [0.3, 0.4) is 0 Å². The fourth-order valence-corrected chi connectivity index (χ4v) is 2.86. The zero-order valence-corrected chi connectivity index (χ0v) is 9.96. The summed E-state index contributed by atoms with van der Waals surface area (Å²) in [4.78, 5) is 13.1. The standard InChI is InChI=1S/C9H18N2O3S/c1-3-7(2)8(10)9(12)11-4-5-15(13,14)6-11/h7-8H,3-6,10H2,1-2H3/t7-,8-/m0/s1. The minimum Gasteiger partial charge on any atom is -0.326 e. The molecular formula is C9H18N2O3S. The molecule has 0 aliphatic carbocycles. The number of nitrogens with two attached hydrogens (primary N) is 1. The first-order chi connectivity index (χ1) is 6.87. The molecule has 6 heteroatoms. The smallest absolute Gasteiger partial charge is 0.240 e. The first-order valence-corrected chi connectivity index (χ1v) is 6.94. The second-order valence-corrected chi connectivity index (χ2v) is 6.24. The van der Waals surface area contributed by atoms with Crippen molar-refractivity contribution in [2.75, 3.05) is 18.2 Å². The first kappa shape index (κ1) is 12.4. The molecule has 88 valence electrons. The Balaban J connectivity index is 2.63. The van der Waals surface area contributed by atoms with Crippen molar-refractivity contribution < 1.29 is 13.2 Å². The maximum absolute atomic E-state index is 11.8. The number of carbonyl (C=O) groups excluding carboxylic acids is 1. The fraction of sp³-hybridized carbons (Fsp3) is 0.889. The summed E-state index contributed by atoms with van der Waals surface area (Å²) in [5.74, 6) is -0.270. The average molecular weight is 234 g/mol. The molecule has 1 aliphatic rings. The summed E-state index contributed by atoms with van der Waals surface area (Å²) < 4.78 is 22.3. The zero-order chi connectivity index (χ0) is 11.6. The second-order valence-electron chi connectivity index (χ2n) is 4.09. The molecule has 1 saturated heterocycles. The van der Waals surface area contributed by atoms with Gasteiger partial charge in [0, 0.05) is 6.54 Å². The molecule has 0 saturated carbocycles. The first-order valence-electron chi connectivity index (χ1n) is 5.12. The summed E-state index contributed by atoms with van der Waals surface area (Å²) in [6, 6.07) is -0.580. The zero-order valence-electron chi connectivity index (χ0n) is 9.14. The molecule has 2 atom stereocenters. The molecule has 1 rings (SSSR count). The van der Waals surface area contributed by atoms with E-state index in [1.807, 2.05) is 13.8 Å². The van der Waals surface area contributed by atoms with Crippen molar-refractivity contribution in [3.05, 3.63) is 0 Å². The van der Waals surface area contributed by atoms with Gasteiger partial charge in [0.05, 0.1) is 11.8 Å². The van der Waals surface area contributed by atoms with Gasteiger partial charge in [-0.3, -0.25) is 4.79 Å². The van der Waals surface area contributed by atoms with Crippen LogP contribution < -0.4 is 5.73 Å². The highest BCUT2D eigenvalue weighted by Gasteiger charge is 2.33. The molecule has 0 aromatic rings. The van der Waals surface area contributed by atoms with Crippen molar-refractivity contribution >= 4 is 15.7 Å². The summed E-state index contributed by atoms with van der Waals surface area (Å²) in [7, 11) is -3.06. The predicted molar refractivity (Wildman–Crippen MR) is 57.8 cm³/mol. The molecule has 0 radical (unpaired) electrons. The van der Waals surface area contributed by atoms with Gasteiger partial charge in [-0.15, -0.1) is 0 Å². The van der Waals surface area contributed by atoms with E-state index in [1.54, 1.807) is 0 Å². The molecule has 1 aliphatic heterocycles. The van der Waals surface area contributed by atoms with E-state index in [1.165, 1.54) is 4.90 Å². The third kappa shape index (κ3) is 2.92. The van der Waals surface area contributed by atoms with Gasteiger partial charge in [0.2, 0.25) is 5.91 Å². The van der Waals surface area contributed by atoms with E-state index in [-0.39, 0.29) is 30.0 Å². The van der Waals surface area contributed by atoms with Crippen LogP contribution in [0.4, 0.5) is 0 Å². The van der Waals surface area contributed by atoms with Crippen LogP contribution in [-0.2, 0) is 14.6 Å². The Bertz CT molecular complexity index is 339. The quantitative estimate of drug-likeness (QED) is 0.719. The van der Waals surface area contributed by atoms with Crippen LogP contribution in [0, 0.1) is 5.92 Å². The van der Waals surface area contributed by atoms with Crippen molar-refractivity contribution in [3.63, 3.8) is 0 Å². The fourth-order valence-electron chi connectivity index (χ4n) is 1.50. The van der Waals surface area contributed by atoms with Crippen molar-refractivity contribution in [1.29, 1.82) is 0 Å². The second kappa shape index (κ2) is 4.49. The van der Waals surface area contributed by atoms with Gasteiger partial charge in [0.1, 0.15) is 5.88 Å². The van der Waals surface area contributed by atoms with Crippen LogP contribution in [0.15, 0.2) is 0 Å². The number of amides is 1. The highest BCUT2D eigenvalue weighted by molar-refractivity contribution is 7.91. The molecule has 2 N–H and O–H groups in total. The topological polar surface area (TPSA) is 80.5 Å². The number of carbonyl (C=O) groups is 1. The lowest BCUT2D eigenvalue weighted by molar-refractivity contribution is -0.132. The normalized spacial score (nSPS) is 23.8. The monoisotopic (exact) mass is 234 g/mol. The maximum Gasteiger partial charge on any atom is 0.240 e. The Hall–Kier alpha value is -0.620. The number of sulfone groups is 1. The van der Waals surface area contributed by atoms with E-state index >= 15 is 0 Å². The summed E-state index contributed by atoms with van der Waals surface area (Å²) >= 11 is 0. The van der Waals surface area contributed by atoms with E-state index in [9.17, 15) is 13.2 Å². The van der Waals surface area contributed by atoms with Crippen molar-refractivity contribution in [1.82, 2.24) is 4.90 Å². The van der Waals surface area contributed by atoms with Gasteiger partial charge in [-0.25, -0.2) is 8.42 Å². The highest BCUT2D eigenvalue weighted by atomic mass is 32.2. The van der Waals surface area contributed by atoms with Crippen molar-refractivity contribution in [2.24, 2.45) is 11.7 Å². The van der Waals surface area contributed by atoms with Gasteiger partial charge in [-0.2, -0.15) is 0 Å². The minimum atomic E-state index is -3.06. The van der Waals surface area contributed by atoms with Crippen LogP contribution in [0.2, 0.25) is 0 Å². The van der Waals surface area contributed by atoms with Crippen LogP contribution in [0.1, 0.15) is 20.3 Å². The molecule has 0 aromatic heterocycles. The summed E-state index contributed by atoms with van der Waals surface area (Å²) in [6.07, 6.45) is 0.813. The van der Waals surface area contributed by atoms with Crippen LogP contribution in [0.25, 0.3) is 0 Å². The van der Waals surface area contributed by atoms with Crippen molar-refractivity contribution in [2.45, 2.75) is 26.3 Å². The highest BCUT2D eigenvalue weighted by Crippen LogP contribution is 2.13. The lowest BCUT2D eigenvalue weighted by Gasteiger charge is -2.22. The summed E-state index contributed by atoms with van der Waals surface area (Å²) in [5.41, 5.74) is 5.75. The van der Waals surface area contributed by atoms with E-state index < -0.39 is 15.9 Å². The molecule has 1 heterocycles. The molecule has 5 nitrogen and oxygen atoms in total. The average Bonchev–Trinajstić information content (AvgIpc) is 2.55.